The molecule has 29 heavy (non-hydrogen) atoms. The summed E-state index contributed by atoms with van der Waals surface area (Å²) in [6.07, 6.45) is 16.8. The molecule has 0 radical (unpaired) electrons. The summed E-state index contributed by atoms with van der Waals surface area (Å²) in [6.45, 7) is 16.6. The van der Waals surface area contributed by atoms with E-state index in [1.165, 1.54) is 56.1 Å². The number of fused-ring (bicyclic) bond motifs is 1. The van der Waals surface area contributed by atoms with Crippen molar-refractivity contribution >= 4 is 0 Å². The minimum Gasteiger partial charge on any atom is -0.393 e. The van der Waals surface area contributed by atoms with Crippen LogP contribution >= 0.6 is 0 Å². The molecule has 3 aliphatic rings. The molecule has 0 saturated heterocycles. The first-order valence-electron chi connectivity index (χ1n) is 12.5. The summed E-state index contributed by atoms with van der Waals surface area (Å²) < 4.78 is 0. The smallest absolute Gasteiger partial charge is 0.0583 e. The van der Waals surface area contributed by atoms with Crippen LogP contribution in [0.25, 0.3) is 0 Å². The molecule has 1 unspecified atom stereocenters. The highest BCUT2D eigenvalue weighted by atomic mass is 16.3. The van der Waals surface area contributed by atoms with Gasteiger partial charge in [0.15, 0.2) is 0 Å². The third kappa shape index (κ3) is 5.09. The van der Waals surface area contributed by atoms with Gasteiger partial charge in [-0.15, -0.1) is 0 Å². The van der Waals surface area contributed by atoms with Crippen LogP contribution in [0.2, 0.25) is 0 Å². The summed E-state index contributed by atoms with van der Waals surface area (Å²) in [5, 5.41) is 10.0. The van der Waals surface area contributed by atoms with Crippen LogP contribution in [-0.4, -0.2) is 11.2 Å². The second kappa shape index (κ2) is 9.54. The normalized spacial score (nSPS) is 37.9. The molecule has 3 fully saturated rings. The average Bonchev–Trinajstić information content (AvgIpc) is 3.04. The summed E-state index contributed by atoms with van der Waals surface area (Å²) in [6, 6.07) is 0. The molecule has 6 atom stereocenters. The van der Waals surface area contributed by atoms with E-state index in [0.29, 0.717) is 5.41 Å². The molecule has 0 spiro atoms. The summed E-state index contributed by atoms with van der Waals surface area (Å²) in [5.74, 6) is 4.14. The van der Waals surface area contributed by atoms with Crippen molar-refractivity contribution in [1.82, 2.24) is 0 Å². The summed E-state index contributed by atoms with van der Waals surface area (Å²) in [4.78, 5) is 0. The lowest BCUT2D eigenvalue weighted by Crippen LogP contribution is -2.36. The zero-order chi connectivity index (χ0) is 21.2. The van der Waals surface area contributed by atoms with Crippen molar-refractivity contribution in [3.8, 4) is 0 Å². The third-order valence-electron chi connectivity index (χ3n) is 9.13. The molecular weight excluding hydrogens is 352 g/mol. The number of rotatable bonds is 6. The molecule has 0 aromatic carbocycles. The van der Waals surface area contributed by atoms with Crippen LogP contribution in [0.3, 0.4) is 0 Å². The van der Waals surface area contributed by atoms with Crippen LogP contribution in [0.5, 0.6) is 0 Å². The first kappa shape index (κ1) is 22.9. The maximum atomic E-state index is 10.0. The van der Waals surface area contributed by atoms with Gasteiger partial charge < -0.3 is 5.11 Å². The molecule has 0 aromatic rings. The standard InChI is InChI=1S/C28H46O/c1-19(2)20(3)9-10-22(5)26-15-16-27-23(8-7-17-28(26,27)6)12-13-24-18-25(29)14-11-21(24)4/h12-13,19-20,22,25-27,29H,4,7-11,14-18H2,1-3,5-6H3/t20?,22-,25+,26-,27+,28-/m1/s1. The number of hydrogen-bond acceptors (Lipinski definition) is 1. The Kier molecular flexibility index (Phi) is 7.52. The summed E-state index contributed by atoms with van der Waals surface area (Å²) >= 11 is 0. The van der Waals surface area contributed by atoms with Gasteiger partial charge in [-0.3, -0.25) is 0 Å². The second-order valence-electron chi connectivity index (χ2n) is 11.3. The number of hydrogen-bond donors (Lipinski definition) is 1. The average molecular weight is 399 g/mol. The number of allylic oxidation sites excluding steroid dienone is 4. The molecule has 3 rings (SSSR count). The number of aliphatic hydroxyl groups is 1. The molecule has 0 bridgehead atoms. The molecule has 3 aliphatic carbocycles. The lowest BCUT2D eigenvalue weighted by Gasteiger charge is -2.44. The SMILES string of the molecule is C=C1CC[C@H](O)CC1=CC=C1CCC[C@]2(C)[C@@H]([C@H](C)CCC(C)C(C)C)CC[C@@H]12. The lowest BCUT2D eigenvalue weighted by atomic mass is 9.60. The van der Waals surface area contributed by atoms with E-state index in [9.17, 15) is 5.11 Å². The maximum absolute atomic E-state index is 10.0. The Morgan fingerprint density at radius 3 is 2.55 bits per heavy atom. The predicted octanol–water partition coefficient (Wildman–Crippen LogP) is 7.87. The Hall–Kier alpha value is -0.820. The van der Waals surface area contributed by atoms with Crippen molar-refractivity contribution in [2.24, 2.45) is 35.0 Å². The van der Waals surface area contributed by atoms with Gasteiger partial charge in [-0.05, 0) is 91.9 Å². The van der Waals surface area contributed by atoms with Crippen LogP contribution in [0.4, 0.5) is 0 Å². The van der Waals surface area contributed by atoms with Gasteiger partial charge >= 0.3 is 0 Å². The van der Waals surface area contributed by atoms with Crippen LogP contribution < -0.4 is 0 Å². The molecule has 0 heterocycles. The second-order valence-corrected chi connectivity index (χ2v) is 11.3. The maximum Gasteiger partial charge on any atom is 0.0583 e. The fourth-order valence-corrected chi connectivity index (χ4v) is 6.67. The van der Waals surface area contributed by atoms with Gasteiger partial charge in [0.25, 0.3) is 0 Å². The van der Waals surface area contributed by atoms with Gasteiger partial charge in [0.05, 0.1) is 6.10 Å². The zero-order valence-electron chi connectivity index (χ0n) is 19.8. The topological polar surface area (TPSA) is 20.2 Å². The Bertz CT molecular complexity index is 639. The minimum atomic E-state index is -0.174. The monoisotopic (exact) mass is 398 g/mol. The predicted molar refractivity (Wildman–Crippen MR) is 126 cm³/mol. The largest absolute Gasteiger partial charge is 0.393 e. The Morgan fingerprint density at radius 2 is 1.83 bits per heavy atom. The van der Waals surface area contributed by atoms with E-state index in [-0.39, 0.29) is 6.10 Å². The highest BCUT2D eigenvalue weighted by molar-refractivity contribution is 5.36. The van der Waals surface area contributed by atoms with E-state index in [1.54, 1.807) is 5.57 Å². The summed E-state index contributed by atoms with van der Waals surface area (Å²) in [5.41, 5.74) is 4.70. The van der Waals surface area contributed by atoms with E-state index in [1.807, 2.05) is 0 Å². The first-order chi connectivity index (χ1) is 13.7. The van der Waals surface area contributed by atoms with Gasteiger partial charge in [-0.1, -0.05) is 77.3 Å². The molecule has 0 aromatic heterocycles. The van der Waals surface area contributed by atoms with Crippen molar-refractivity contribution in [2.45, 2.75) is 105 Å². The Balaban J connectivity index is 1.70. The van der Waals surface area contributed by atoms with Crippen molar-refractivity contribution in [3.05, 3.63) is 35.5 Å². The molecule has 0 amide bonds. The van der Waals surface area contributed by atoms with Crippen LogP contribution in [0.1, 0.15) is 98.8 Å². The quantitative estimate of drug-likeness (QED) is 0.482. The fraction of sp³-hybridized carbons (Fsp3) is 0.786. The van der Waals surface area contributed by atoms with Gasteiger partial charge in [-0.25, -0.2) is 0 Å². The first-order valence-corrected chi connectivity index (χ1v) is 12.5. The number of aliphatic hydroxyl groups excluding tert-OH is 1. The third-order valence-corrected chi connectivity index (χ3v) is 9.13. The van der Waals surface area contributed by atoms with Crippen LogP contribution in [-0.2, 0) is 0 Å². The molecule has 1 heteroatoms. The van der Waals surface area contributed by atoms with Gasteiger partial charge in [0.2, 0.25) is 0 Å². The van der Waals surface area contributed by atoms with E-state index in [4.69, 9.17) is 0 Å². The molecule has 164 valence electrons. The van der Waals surface area contributed by atoms with Gasteiger partial charge in [-0.2, -0.15) is 0 Å². The van der Waals surface area contributed by atoms with E-state index >= 15 is 0 Å². The van der Waals surface area contributed by atoms with Crippen LogP contribution in [0, 0.1) is 35.0 Å². The van der Waals surface area contributed by atoms with E-state index in [0.717, 1.165) is 48.9 Å². The van der Waals surface area contributed by atoms with Gasteiger partial charge in [0, 0.05) is 0 Å². The molecule has 1 nitrogen and oxygen atoms in total. The highest BCUT2D eigenvalue weighted by Crippen LogP contribution is 2.60. The highest BCUT2D eigenvalue weighted by Gasteiger charge is 2.50. The van der Waals surface area contributed by atoms with Crippen LogP contribution in [0.15, 0.2) is 35.5 Å². The molecular formula is C28H46O. The minimum absolute atomic E-state index is 0.174. The van der Waals surface area contributed by atoms with Crippen molar-refractivity contribution in [1.29, 1.82) is 0 Å². The van der Waals surface area contributed by atoms with Gasteiger partial charge in [0.1, 0.15) is 0 Å². The zero-order valence-corrected chi connectivity index (χ0v) is 19.8. The summed E-state index contributed by atoms with van der Waals surface area (Å²) in [7, 11) is 0. The van der Waals surface area contributed by atoms with E-state index in [2.05, 4.69) is 53.3 Å². The van der Waals surface area contributed by atoms with Crippen molar-refractivity contribution < 1.29 is 5.11 Å². The Labute approximate surface area is 180 Å². The van der Waals surface area contributed by atoms with Crippen molar-refractivity contribution in [3.63, 3.8) is 0 Å². The molecule has 0 aliphatic heterocycles. The molecule has 1 N–H and O–H groups in total. The lowest BCUT2D eigenvalue weighted by molar-refractivity contribution is 0.0907. The van der Waals surface area contributed by atoms with E-state index < -0.39 is 0 Å². The van der Waals surface area contributed by atoms with Crippen molar-refractivity contribution in [2.75, 3.05) is 0 Å². The Morgan fingerprint density at radius 1 is 1.07 bits per heavy atom. The molecule has 3 saturated carbocycles. The fourth-order valence-electron chi connectivity index (χ4n) is 6.67.